The Morgan fingerprint density at radius 1 is 0.526 bits per heavy atom. The second-order valence-electron chi connectivity index (χ2n) is 17.2. The zero-order valence-electron chi connectivity index (χ0n) is 34.1. The molecule has 0 N–H and O–H groups in total. The average molecular weight is 817 g/mol. The van der Waals surface area contributed by atoms with Crippen molar-refractivity contribution in [2.24, 2.45) is 0 Å². The van der Waals surface area contributed by atoms with Crippen molar-refractivity contribution in [2.75, 3.05) is 6.61 Å². The van der Waals surface area contributed by atoms with Crippen LogP contribution < -0.4 is 14.4 Å². The van der Waals surface area contributed by atoms with Gasteiger partial charge in [-0.2, -0.15) is 0 Å². The van der Waals surface area contributed by atoms with Crippen molar-refractivity contribution in [1.82, 2.24) is 0 Å². The van der Waals surface area contributed by atoms with E-state index in [0.29, 0.717) is 54.9 Å². The highest BCUT2D eigenvalue weighted by molar-refractivity contribution is 8.13. The number of aryl methyl sites for hydroxylation is 2. The van der Waals surface area contributed by atoms with E-state index in [2.05, 4.69) is 43.3 Å². The second kappa shape index (κ2) is 20.3. The van der Waals surface area contributed by atoms with E-state index in [0.717, 1.165) is 55.5 Å². The normalized spacial score (nSPS) is 29.0. The first kappa shape index (κ1) is 41.4. The van der Waals surface area contributed by atoms with Crippen LogP contribution in [0.2, 0.25) is 0 Å². The Hall–Kier alpha value is -2.29. The molecule has 9 heteroatoms. The van der Waals surface area contributed by atoms with E-state index in [1.165, 1.54) is 101 Å². The molecular formula is C48H65O7PS. The number of benzene rings is 3. The summed E-state index contributed by atoms with van der Waals surface area (Å²) in [6, 6.07) is 27.0. The van der Waals surface area contributed by atoms with Gasteiger partial charge < -0.3 is 32.7 Å². The van der Waals surface area contributed by atoms with Gasteiger partial charge in [-0.05, 0) is 104 Å². The van der Waals surface area contributed by atoms with E-state index in [1.54, 1.807) is 0 Å². The summed E-state index contributed by atoms with van der Waals surface area (Å²) in [5.41, 5.74) is 2.56. The van der Waals surface area contributed by atoms with E-state index in [1.807, 2.05) is 42.5 Å². The van der Waals surface area contributed by atoms with E-state index in [-0.39, 0.29) is 0 Å². The maximum Gasteiger partial charge on any atom is 0.319 e. The molecule has 57 heavy (non-hydrogen) atoms. The summed E-state index contributed by atoms with van der Waals surface area (Å²) in [6.45, 7) is 0.264. The predicted molar refractivity (Wildman–Crippen MR) is 230 cm³/mol. The van der Waals surface area contributed by atoms with E-state index in [9.17, 15) is 0 Å². The van der Waals surface area contributed by atoms with E-state index < -0.39 is 6.49 Å². The number of epoxide rings is 5. The summed E-state index contributed by atoms with van der Waals surface area (Å²) in [5, 5.41) is 0.914. The maximum atomic E-state index is 6.69. The largest absolute Gasteiger partial charge is 0.432 e. The minimum absolute atomic E-state index is 0.412. The van der Waals surface area contributed by atoms with Gasteiger partial charge in [-0.1, -0.05) is 107 Å². The highest BCUT2D eigenvalue weighted by Gasteiger charge is 2.49. The summed E-state index contributed by atoms with van der Waals surface area (Å²) in [7, 11) is 0. The maximum absolute atomic E-state index is 6.69. The monoisotopic (exact) mass is 816 g/mol. The molecule has 5 aliphatic rings. The first-order valence-corrected chi connectivity index (χ1v) is 25.1. The Balaban J connectivity index is 0.719. The first-order valence-electron chi connectivity index (χ1n) is 22.5. The fourth-order valence-electron chi connectivity index (χ4n) is 8.66. The molecule has 5 saturated heterocycles. The predicted octanol–water partition coefficient (Wildman–Crippen LogP) is 11.0. The molecule has 7 nitrogen and oxygen atoms in total. The topological polar surface area (TPSA) is 81.1 Å². The highest BCUT2D eigenvalue weighted by atomic mass is 32.5. The summed E-state index contributed by atoms with van der Waals surface area (Å²) in [5.74, 6) is 1.56. The van der Waals surface area contributed by atoms with Crippen molar-refractivity contribution in [2.45, 2.75) is 184 Å². The van der Waals surface area contributed by atoms with Crippen LogP contribution in [0, 0.1) is 0 Å². The van der Waals surface area contributed by atoms with E-state index >= 15 is 0 Å². The third kappa shape index (κ3) is 13.4. The van der Waals surface area contributed by atoms with Gasteiger partial charge in [0.2, 0.25) is 0 Å². The zero-order valence-corrected chi connectivity index (χ0v) is 35.8. The third-order valence-corrected chi connectivity index (χ3v) is 15.3. The quantitative estimate of drug-likeness (QED) is 0.0389. The van der Waals surface area contributed by atoms with Crippen LogP contribution in [-0.4, -0.2) is 61.5 Å². The van der Waals surface area contributed by atoms with Crippen molar-refractivity contribution in [3.8, 4) is 11.5 Å². The van der Waals surface area contributed by atoms with Gasteiger partial charge >= 0.3 is 6.49 Å². The van der Waals surface area contributed by atoms with Crippen molar-refractivity contribution >= 4 is 23.6 Å². The molecule has 5 heterocycles. The smallest absolute Gasteiger partial charge is 0.319 e. The van der Waals surface area contributed by atoms with Crippen LogP contribution in [0.4, 0.5) is 0 Å². The Morgan fingerprint density at radius 3 is 1.51 bits per heavy atom. The summed E-state index contributed by atoms with van der Waals surface area (Å²) in [4.78, 5) is 0. The fourth-order valence-corrected chi connectivity index (χ4v) is 11.1. The molecule has 3 aromatic rings. The van der Waals surface area contributed by atoms with Gasteiger partial charge in [0.25, 0.3) is 0 Å². The molecule has 0 radical (unpaired) electrons. The van der Waals surface area contributed by atoms with Gasteiger partial charge in [0.1, 0.15) is 11.5 Å². The molecular weight excluding hydrogens is 752 g/mol. The molecule has 0 aromatic heterocycles. The van der Waals surface area contributed by atoms with Crippen molar-refractivity contribution in [3.05, 3.63) is 90.0 Å². The molecule has 5 aliphatic heterocycles. The van der Waals surface area contributed by atoms with Crippen LogP contribution in [0.1, 0.15) is 127 Å². The van der Waals surface area contributed by atoms with Crippen molar-refractivity contribution in [1.29, 1.82) is 0 Å². The Kier molecular flexibility index (Phi) is 14.8. The molecule has 0 saturated carbocycles. The van der Waals surface area contributed by atoms with Crippen LogP contribution in [0.15, 0.2) is 78.9 Å². The molecule has 10 unspecified atom stereocenters. The van der Waals surface area contributed by atoms with Gasteiger partial charge in [0, 0.05) is 19.3 Å². The number of ether oxygens (including phenoxy) is 5. The van der Waals surface area contributed by atoms with Gasteiger partial charge in [-0.3, -0.25) is 0 Å². The highest BCUT2D eigenvalue weighted by Crippen LogP contribution is 2.48. The molecule has 0 spiro atoms. The Morgan fingerprint density at radius 2 is 0.982 bits per heavy atom. The molecule has 310 valence electrons. The Bertz CT molecular complexity index is 1740. The first-order chi connectivity index (χ1) is 28.0. The SMILES string of the molecule is CCCC1OC1CC1OC1CCCCCCCc1cccc(OP(=S)(Oc2cccc(CCCCCCCC3OC3CC3OC3CC3CO3)c2)c2ccccc2)c1. The number of rotatable bonds is 29. The number of unbranched alkanes of at least 4 members (excludes halogenated alkanes) is 8. The van der Waals surface area contributed by atoms with Gasteiger partial charge in [-0.25, -0.2) is 0 Å². The van der Waals surface area contributed by atoms with Crippen molar-refractivity contribution < 1.29 is 32.7 Å². The lowest BCUT2D eigenvalue weighted by Crippen LogP contribution is -2.14. The summed E-state index contributed by atoms with van der Waals surface area (Å²) < 4.78 is 42.2. The second-order valence-corrected chi connectivity index (χ2v) is 20.5. The van der Waals surface area contributed by atoms with Crippen LogP contribution in [0.5, 0.6) is 11.5 Å². The zero-order chi connectivity index (χ0) is 38.9. The molecule has 0 amide bonds. The van der Waals surface area contributed by atoms with Crippen molar-refractivity contribution in [3.63, 3.8) is 0 Å². The molecule has 3 aromatic carbocycles. The van der Waals surface area contributed by atoms with Gasteiger partial charge in [-0.15, -0.1) is 0 Å². The van der Waals surface area contributed by atoms with Crippen LogP contribution >= 0.6 is 6.49 Å². The van der Waals surface area contributed by atoms with Crippen LogP contribution in [0.25, 0.3) is 0 Å². The van der Waals surface area contributed by atoms with Gasteiger partial charge in [0.05, 0.1) is 66.8 Å². The van der Waals surface area contributed by atoms with Crippen LogP contribution in [0.3, 0.4) is 0 Å². The Labute approximate surface area is 347 Å². The fraction of sp³-hybridized carbons (Fsp3) is 0.625. The molecule has 8 rings (SSSR count). The lowest BCUT2D eigenvalue weighted by molar-refractivity contribution is 0.311. The minimum Gasteiger partial charge on any atom is -0.432 e. The summed E-state index contributed by atoms with van der Waals surface area (Å²) >= 11 is 6.29. The minimum atomic E-state index is -2.89. The molecule has 5 fully saturated rings. The van der Waals surface area contributed by atoms with Crippen LogP contribution in [-0.2, 0) is 48.3 Å². The summed E-state index contributed by atoms with van der Waals surface area (Å²) in [6.07, 6.45) is 26.5. The number of hydrogen-bond donors (Lipinski definition) is 0. The van der Waals surface area contributed by atoms with E-state index in [4.69, 9.17) is 44.5 Å². The van der Waals surface area contributed by atoms with Gasteiger partial charge in [0.15, 0.2) is 0 Å². The molecule has 0 bridgehead atoms. The number of hydrogen-bond acceptors (Lipinski definition) is 8. The standard InChI is InChI=1S/C48H65O7PS/c1-2-18-41-45(50-41)32-46-42(51-46)27-14-7-3-5-10-19-35-21-16-23-37(29-35)54-56(57,40-25-12-9-13-26-40)55-38-24-17-22-36(30-38)20-11-6-4-8-15-28-43-47(52-43)33-48-44(53-48)31-39-34-49-39/h9,12-13,16-17,21-26,29-30,39,41-48H,2-8,10-11,14-15,18-20,27-28,31-34H2,1H3. The molecule has 10 atom stereocenters. The molecule has 0 aliphatic carbocycles. The lowest BCUT2D eigenvalue weighted by Gasteiger charge is -2.24. The third-order valence-electron chi connectivity index (χ3n) is 12.4. The average Bonchev–Trinajstić information content (AvgIpc) is 3.94. The lowest BCUT2D eigenvalue weighted by atomic mass is 10.0.